The van der Waals surface area contributed by atoms with Crippen molar-refractivity contribution < 1.29 is 14.7 Å². The van der Waals surface area contributed by atoms with Crippen molar-refractivity contribution in [3.63, 3.8) is 0 Å². The molecule has 0 aliphatic rings. The zero-order valence-electron chi connectivity index (χ0n) is 13.4. The molecule has 2 atom stereocenters. The molecule has 0 aromatic heterocycles. The van der Waals surface area contributed by atoms with Crippen LogP contribution in [0, 0.1) is 17.2 Å². The first-order valence-corrected chi connectivity index (χ1v) is 7.46. The smallest absolute Gasteiger partial charge is 0.317 e. The Morgan fingerprint density at radius 1 is 1.24 bits per heavy atom. The summed E-state index contributed by atoms with van der Waals surface area (Å²) in [7, 11) is 0. The van der Waals surface area contributed by atoms with E-state index >= 15 is 0 Å². The Hall–Kier alpha value is -1.77. The van der Waals surface area contributed by atoms with Crippen molar-refractivity contribution in [2.24, 2.45) is 5.92 Å². The maximum absolute atomic E-state index is 12.1. The van der Waals surface area contributed by atoms with Gasteiger partial charge in [-0.05, 0) is 33.6 Å². The first-order valence-electron chi connectivity index (χ1n) is 7.46. The molecule has 2 N–H and O–H groups in total. The van der Waals surface area contributed by atoms with E-state index in [1.54, 1.807) is 11.8 Å². The molecule has 0 aromatic carbocycles. The number of urea groups is 1. The molecule has 0 heterocycles. The molecule has 0 saturated heterocycles. The minimum atomic E-state index is -0.783. The van der Waals surface area contributed by atoms with E-state index in [1.807, 2.05) is 26.8 Å². The lowest BCUT2D eigenvalue weighted by Gasteiger charge is -2.28. The minimum Gasteiger partial charge on any atom is -0.481 e. The van der Waals surface area contributed by atoms with Crippen molar-refractivity contribution in [1.29, 1.82) is 5.26 Å². The number of rotatable bonds is 9. The van der Waals surface area contributed by atoms with E-state index in [0.717, 1.165) is 12.8 Å². The van der Waals surface area contributed by atoms with E-state index in [2.05, 4.69) is 5.32 Å². The number of aliphatic carboxylic acids is 1. The molecule has 2 unspecified atom stereocenters. The first kappa shape index (κ1) is 19.2. The van der Waals surface area contributed by atoms with Gasteiger partial charge in [0.15, 0.2) is 0 Å². The van der Waals surface area contributed by atoms with E-state index in [0.29, 0.717) is 19.4 Å². The third kappa shape index (κ3) is 8.18. The Kier molecular flexibility index (Phi) is 9.18. The number of carbonyl (C=O) groups excluding carboxylic acids is 1. The van der Waals surface area contributed by atoms with Crippen LogP contribution < -0.4 is 5.32 Å². The number of nitrogens with one attached hydrogen (secondary N) is 1. The largest absolute Gasteiger partial charge is 0.481 e. The summed E-state index contributed by atoms with van der Waals surface area (Å²) in [5.74, 6) is -1.13. The average Bonchev–Trinajstić information content (AvgIpc) is 2.38. The van der Waals surface area contributed by atoms with Gasteiger partial charge in [-0.3, -0.25) is 4.79 Å². The molecule has 0 bridgehead atoms. The van der Waals surface area contributed by atoms with E-state index < -0.39 is 5.97 Å². The van der Waals surface area contributed by atoms with Gasteiger partial charge in [-0.2, -0.15) is 5.26 Å². The van der Waals surface area contributed by atoms with Crippen molar-refractivity contribution in [3.8, 4) is 6.07 Å². The number of hydrogen-bond acceptors (Lipinski definition) is 3. The Morgan fingerprint density at radius 2 is 1.86 bits per heavy atom. The van der Waals surface area contributed by atoms with Gasteiger partial charge in [0.05, 0.1) is 18.4 Å². The number of carboxylic acid groups (broad SMARTS) is 1. The Bertz CT molecular complexity index is 377. The number of carboxylic acids is 1. The van der Waals surface area contributed by atoms with Crippen LogP contribution >= 0.6 is 0 Å². The molecule has 6 heteroatoms. The predicted molar refractivity (Wildman–Crippen MR) is 80.7 cm³/mol. The Labute approximate surface area is 127 Å². The molecule has 0 aliphatic carbocycles. The van der Waals surface area contributed by atoms with Crippen molar-refractivity contribution in [2.75, 3.05) is 6.54 Å². The summed E-state index contributed by atoms with van der Waals surface area (Å²) in [6.07, 6.45) is 2.43. The number of nitriles is 1. The lowest BCUT2D eigenvalue weighted by molar-refractivity contribution is -0.141. The zero-order valence-corrected chi connectivity index (χ0v) is 13.4. The van der Waals surface area contributed by atoms with Crippen LogP contribution in [0.15, 0.2) is 0 Å². The molecule has 0 saturated carbocycles. The molecule has 0 rings (SSSR count). The Balaban J connectivity index is 4.17. The Morgan fingerprint density at radius 3 is 2.33 bits per heavy atom. The molecule has 6 nitrogen and oxygen atoms in total. The van der Waals surface area contributed by atoms with Crippen molar-refractivity contribution >= 4 is 12.0 Å². The van der Waals surface area contributed by atoms with Crippen molar-refractivity contribution in [1.82, 2.24) is 10.2 Å². The van der Waals surface area contributed by atoms with Gasteiger partial charge in [0.1, 0.15) is 0 Å². The van der Waals surface area contributed by atoms with Crippen molar-refractivity contribution in [3.05, 3.63) is 0 Å². The van der Waals surface area contributed by atoms with Gasteiger partial charge < -0.3 is 15.3 Å². The highest BCUT2D eigenvalue weighted by atomic mass is 16.4. The zero-order chi connectivity index (χ0) is 16.4. The fraction of sp³-hybridized carbons (Fsp3) is 0.800. The van der Waals surface area contributed by atoms with E-state index in [-0.39, 0.29) is 24.0 Å². The molecule has 120 valence electrons. The third-order valence-electron chi connectivity index (χ3n) is 3.41. The maximum atomic E-state index is 12.1. The van der Waals surface area contributed by atoms with Gasteiger partial charge in [-0.25, -0.2) is 4.79 Å². The summed E-state index contributed by atoms with van der Waals surface area (Å²) in [5, 5.41) is 20.3. The summed E-state index contributed by atoms with van der Waals surface area (Å²) < 4.78 is 0. The summed E-state index contributed by atoms with van der Waals surface area (Å²) >= 11 is 0. The SMILES string of the molecule is CC(CCCC(C)C(=O)O)NC(=O)N(CCC#N)C(C)C. The summed E-state index contributed by atoms with van der Waals surface area (Å²) in [5.41, 5.74) is 0. The monoisotopic (exact) mass is 297 g/mol. The molecule has 0 aliphatic heterocycles. The average molecular weight is 297 g/mol. The number of carbonyl (C=O) groups is 2. The fourth-order valence-corrected chi connectivity index (χ4v) is 1.98. The molecular weight excluding hydrogens is 270 g/mol. The van der Waals surface area contributed by atoms with E-state index in [4.69, 9.17) is 10.4 Å². The fourth-order valence-electron chi connectivity index (χ4n) is 1.98. The molecule has 21 heavy (non-hydrogen) atoms. The second kappa shape index (κ2) is 10.0. The van der Waals surface area contributed by atoms with E-state index in [1.165, 1.54) is 0 Å². The van der Waals surface area contributed by atoms with Crippen LogP contribution in [-0.4, -0.2) is 40.6 Å². The van der Waals surface area contributed by atoms with Gasteiger partial charge in [0, 0.05) is 18.6 Å². The number of amides is 2. The number of hydrogen-bond donors (Lipinski definition) is 2. The van der Waals surface area contributed by atoms with Gasteiger partial charge >= 0.3 is 12.0 Å². The maximum Gasteiger partial charge on any atom is 0.317 e. The summed E-state index contributed by atoms with van der Waals surface area (Å²) in [6, 6.07) is 1.90. The summed E-state index contributed by atoms with van der Waals surface area (Å²) in [6.45, 7) is 7.84. The van der Waals surface area contributed by atoms with Crippen LogP contribution in [0.25, 0.3) is 0 Å². The normalized spacial score (nSPS) is 13.3. The molecule has 0 fully saturated rings. The van der Waals surface area contributed by atoms with Crippen LogP contribution in [0.1, 0.15) is 53.4 Å². The van der Waals surface area contributed by atoms with E-state index in [9.17, 15) is 9.59 Å². The second-order valence-electron chi connectivity index (χ2n) is 5.72. The van der Waals surface area contributed by atoms with Gasteiger partial charge in [0.2, 0.25) is 0 Å². The predicted octanol–water partition coefficient (Wildman–Crippen LogP) is 2.60. The summed E-state index contributed by atoms with van der Waals surface area (Å²) in [4.78, 5) is 24.5. The topological polar surface area (TPSA) is 93.4 Å². The van der Waals surface area contributed by atoms with Crippen LogP contribution in [0.3, 0.4) is 0 Å². The van der Waals surface area contributed by atoms with Crippen LogP contribution in [-0.2, 0) is 4.79 Å². The standard InChI is InChI=1S/C15H27N3O3/c1-11(2)18(10-6-9-16)15(21)17-13(4)8-5-7-12(3)14(19)20/h11-13H,5-8,10H2,1-4H3,(H,17,21)(H,19,20). The molecule has 0 spiro atoms. The highest BCUT2D eigenvalue weighted by Gasteiger charge is 2.18. The highest BCUT2D eigenvalue weighted by molar-refractivity contribution is 5.74. The lowest BCUT2D eigenvalue weighted by atomic mass is 10.0. The van der Waals surface area contributed by atoms with Crippen molar-refractivity contribution in [2.45, 2.75) is 65.5 Å². The number of nitrogens with zero attached hydrogens (tertiary/aromatic N) is 2. The molecule has 0 radical (unpaired) electrons. The van der Waals surface area contributed by atoms with Gasteiger partial charge in [0.25, 0.3) is 0 Å². The molecule has 2 amide bonds. The first-order chi connectivity index (χ1) is 9.79. The van der Waals surface area contributed by atoms with Gasteiger partial charge in [-0.15, -0.1) is 0 Å². The van der Waals surface area contributed by atoms with Crippen LogP contribution in [0.5, 0.6) is 0 Å². The second-order valence-corrected chi connectivity index (χ2v) is 5.72. The quantitative estimate of drug-likeness (QED) is 0.684. The molecular formula is C15H27N3O3. The van der Waals surface area contributed by atoms with Crippen LogP contribution in [0.4, 0.5) is 4.79 Å². The van der Waals surface area contributed by atoms with Crippen LogP contribution in [0.2, 0.25) is 0 Å². The third-order valence-corrected chi connectivity index (χ3v) is 3.41. The minimum absolute atomic E-state index is 0.0122. The molecule has 0 aromatic rings. The van der Waals surface area contributed by atoms with Gasteiger partial charge in [-0.1, -0.05) is 13.3 Å². The highest BCUT2D eigenvalue weighted by Crippen LogP contribution is 2.10. The lowest BCUT2D eigenvalue weighted by Crippen LogP contribution is -2.47.